The summed E-state index contributed by atoms with van der Waals surface area (Å²) in [5, 5.41) is 16.5. The van der Waals surface area contributed by atoms with Crippen LogP contribution in [0.3, 0.4) is 0 Å². The number of benzene rings is 10. The first-order valence-corrected chi connectivity index (χ1v) is 21.7. The standard InChI is InChI=1S/C61H44N2/c1-61(2)56-38-33-41-20-9-10-25-46(41)58(56)55-31-17-30-54(59(55)61)52-37-36-51(48-27-14-15-28-49(48)52)50-35-32-42(44-23-11-13-26-47(44)50)34-39-57(63-60(62)43-21-7-4-8-22-43)53-29-16-12-24-45(53)40-18-5-3-6-19-40/h3-39,62H,1-2H3/b39-34+,62-60?,63-57?. The van der Waals surface area contributed by atoms with Crippen LogP contribution in [0.1, 0.15) is 41.7 Å². The second-order valence-corrected chi connectivity index (χ2v) is 17.0. The molecule has 0 spiro atoms. The number of aliphatic imine (C=N–C) groups is 1. The Morgan fingerprint density at radius 2 is 0.984 bits per heavy atom. The molecule has 0 aliphatic heterocycles. The van der Waals surface area contributed by atoms with Crippen LogP contribution in [0, 0.1) is 5.41 Å². The lowest BCUT2D eigenvalue weighted by Gasteiger charge is -2.25. The van der Waals surface area contributed by atoms with Gasteiger partial charge >= 0.3 is 0 Å². The second-order valence-electron chi connectivity index (χ2n) is 17.0. The molecule has 0 saturated carbocycles. The van der Waals surface area contributed by atoms with Crippen LogP contribution < -0.4 is 0 Å². The van der Waals surface area contributed by atoms with Crippen molar-refractivity contribution < 1.29 is 0 Å². The van der Waals surface area contributed by atoms with Gasteiger partial charge in [0, 0.05) is 16.5 Å². The summed E-state index contributed by atoms with van der Waals surface area (Å²) in [6, 6.07) is 75.6. The van der Waals surface area contributed by atoms with Crippen LogP contribution in [0.25, 0.3) is 82.9 Å². The third kappa shape index (κ3) is 6.51. The first-order chi connectivity index (χ1) is 31.0. The summed E-state index contributed by atoms with van der Waals surface area (Å²) >= 11 is 0. The lowest BCUT2D eigenvalue weighted by atomic mass is 9.78. The molecule has 0 aromatic heterocycles. The number of rotatable bonds is 7. The minimum Gasteiger partial charge on any atom is -0.282 e. The Bertz CT molecular complexity index is 3480. The molecule has 10 aromatic carbocycles. The molecule has 10 aromatic rings. The van der Waals surface area contributed by atoms with E-state index in [0.717, 1.165) is 38.9 Å². The summed E-state index contributed by atoms with van der Waals surface area (Å²) in [5.74, 6) is 0.218. The van der Waals surface area contributed by atoms with E-state index in [1.807, 2.05) is 42.5 Å². The average Bonchev–Trinajstić information content (AvgIpc) is 3.59. The molecule has 1 aliphatic rings. The zero-order valence-electron chi connectivity index (χ0n) is 35.3. The number of hydrogen-bond donors (Lipinski definition) is 1. The first kappa shape index (κ1) is 38.0. The predicted octanol–water partition coefficient (Wildman–Crippen LogP) is 16.0. The maximum absolute atomic E-state index is 9.05. The normalized spacial score (nSPS) is 13.1. The van der Waals surface area contributed by atoms with E-state index in [-0.39, 0.29) is 11.3 Å². The van der Waals surface area contributed by atoms with Crippen molar-refractivity contribution >= 4 is 49.9 Å². The molecule has 0 fully saturated rings. The van der Waals surface area contributed by atoms with Gasteiger partial charge < -0.3 is 0 Å². The first-order valence-electron chi connectivity index (χ1n) is 21.7. The van der Waals surface area contributed by atoms with Crippen molar-refractivity contribution in [2.75, 3.05) is 0 Å². The highest BCUT2D eigenvalue weighted by Crippen LogP contribution is 2.55. The molecule has 0 bridgehead atoms. The summed E-state index contributed by atoms with van der Waals surface area (Å²) in [4.78, 5) is 5.00. The smallest absolute Gasteiger partial charge is 0.152 e. The monoisotopic (exact) mass is 804 g/mol. The average molecular weight is 805 g/mol. The molecule has 0 saturated heterocycles. The lowest BCUT2D eigenvalue weighted by Crippen LogP contribution is -2.16. The molecular formula is C61H44N2. The van der Waals surface area contributed by atoms with E-state index in [9.17, 15) is 0 Å². The van der Waals surface area contributed by atoms with E-state index < -0.39 is 0 Å². The largest absolute Gasteiger partial charge is 0.282 e. The number of allylic oxidation sites excluding steroid dienone is 1. The van der Waals surface area contributed by atoms with Gasteiger partial charge in [-0.05, 0) is 99.6 Å². The van der Waals surface area contributed by atoms with Crippen molar-refractivity contribution in [1.82, 2.24) is 0 Å². The van der Waals surface area contributed by atoms with Crippen LogP contribution in [0.5, 0.6) is 0 Å². The van der Waals surface area contributed by atoms with Gasteiger partial charge in [-0.25, -0.2) is 4.99 Å². The summed E-state index contributed by atoms with van der Waals surface area (Å²) in [6.45, 7) is 4.78. The molecule has 0 unspecified atom stereocenters. The third-order valence-corrected chi connectivity index (χ3v) is 13.0. The third-order valence-electron chi connectivity index (χ3n) is 13.0. The highest BCUT2D eigenvalue weighted by molar-refractivity contribution is 6.21. The van der Waals surface area contributed by atoms with Crippen LogP contribution in [0.2, 0.25) is 0 Å². The zero-order chi connectivity index (χ0) is 42.5. The highest BCUT2D eigenvalue weighted by atomic mass is 14.8. The Kier molecular flexibility index (Phi) is 9.36. The van der Waals surface area contributed by atoms with Crippen LogP contribution >= 0.6 is 0 Å². The molecule has 298 valence electrons. The van der Waals surface area contributed by atoms with Gasteiger partial charge in [-0.3, -0.25) is 5.41 Å². The molecule has 11 rings (SSSR count). The van der Waals surface area contributed by atoms with Gasteiger partial charge in [0.15, 0.2) is 5.84 Å². The van der Waals surface area contributed by atoms with Gasteiger partial charge in [0.25, 0.3) is 0 Å². The lowest BCUT2D eigenvalue weighted by molar-refractivity contribution is 0.662. The van der Waals surface area contributed by atoms with E-state index in [4.69, 9.17) is 10.4 Å². The molecule has 0 atom stereocenters. The van der Waals surface area contributed by atoms with E-state index in [0.29, 0.717) is 0 Å². The predicted molar refractivity (Wildman–Crippen MR) is 268 cm³/mol. The van der Waals surface area contributed by atoms with Gasteiger partial charge in [0.2, 0.25) is 0 Å². The Balaban J connectivity index is 1.03. The molecule has 2 heteroatoms. The van der Waals surface area contributed by atoms with E-state index in [2.05, 4.69) is 196 Å². The Labute approximate surface area is 368 Å². The Morgan fingerprint density at radius 1 is 0.444 bits per heavy atom. The van der Waals surface area contributed by atoms with Gasteiger partial charge in [-0.1, -0.05) is 232 Å². The van der Waals surface area contributed by atoms with Crippen LogP contribution in [0.15, 0.2) is 223 Å². The van der Waals surface area contributed by atoms with Gasteiger partial charge in [0.1, 0.15) is 0 Å². The fourth-order valence-electron chi connectivity index (χ4n) is 10.1. The number of hydrogen-bond acceptors (Lipinski definition) is 1. The molecule has 1 N–H and O–H groups in total. The zero-order valence-corrected chi connectivity index (χ0v) is 35.3. The Morgan fingerprint density at radius 3 is 1.71 bits per heavy atom. The van der Waals surface area contributed by atoms with Crippen LogP contribution in [-0.4, -0.2) is 11.5 Å². The molecule has 0 amide bonds. The number of amidine groups is 1. The van der Waals surface area contributed by atoms with Crippen molar-refractivity contribution in [3.63, 3.8) is 0 Å². The van der Waals surface area contributed by atoms with Crippen molar-refractivity contribution in [3.8, 4) is 44.5 Å². The molecule has 0 radical (unpaired) electrons. The number of nitrogens with zero attached hydrogens (tertiary/aromatic N) is 1. The Hall–Kier alpha value is -7.94. The quantitative estimate of drug-likeness (QED) is 0.123. The fraction of sp³-hybridized carbons (Fsp3) is 0.0492. The maximum Gasteiger partial charge on any atom is 0.152 e. The van der Waals surface area contributed by atoms with Crippen LogP contribution in [-0.2, 0) is 5.41 Å². The number of fused-ring (bicyclic) bond motifs is 7. The minimum atomic E-state index is -0.166. The van der Waals surface area contributed by atoms with Crippen molar-refractivity contribution in [1.29, 1.82) is 5.41 Å². The second kappa shape index (κ2) is 15.5. The molecular weight excluding hydrogens is 761 g/mol. The summed E-state index contributed by atoms with van der Waals surface area (Å²) in [5.41, 5.74) is 16.0. The van der Waals surface area contributed by atoms with Crippen LogP contribution in [0.4, 0.5) is 0 Å². The van der Waals surface area contributed by atoms with Crippen molar-refractivity contribution in [3.05, 3.63) is 246 Å². The minimum absolute atomic E-state index is 0.166. The highest BCUT2D eigenvalue weighted by Gasteiger charge is 2.38. The SMILES string of the molecule is CC1(C)c2ccc3ccccc3c2-c2cccc(-c3ccc(-c4ccc(/C=C/C(=NC(=N)c5ccccc5)c5ccccc5-c5ccccc5)c5ccccc45)c4ccccc34)c21. The summed E-state index contributed by atoms with van der Waals surface area (Å²) < 4.78 is 0. The molecule has 2 nitrogen and oxygen atoms in total. The van der Waals surface area contributed by atoms with Gasteiger partial charge in [0.05, 0.1) is 5.71 Å². The van der Waals surface area contributed by atoms with Crippen molar-refractivity contribution in [2.45, 2.75) is 19.3 Å². The van der Waals surface area contributed by atoms with E-state index >= 15 is 0 Å². The molecule has 63 heavy (non-hydrogen) atoms. The summed E-state index contributed by atoms with van der Waals surface area (Å²) in [7, 11) is 0. The summed E-state index contributed by atoms with van der Waals surface area (Å²) in [6.07, 6.45) is 4.23. The van der Waals surface area contributed by atoms with E-state index in [1.165, 1.54) is 71.4 Å². The molecule has 1 aliphatic carbocycles. The maximum atomic E-state index is 9.05. The van der Waals surface area contributed by atoms with Gasteiger partial charge in [-0.2, -0.15) is 0 Å². The van der Waals surface area contributed by atoms with E-state index in [1.54, 1.807) is 0 Å². The van der Waals surface area contributed by atoms with Crippen molar-refractivity contribution in [2.24, 2.45) is 4.99 Å². The molecule has 0 heterocycles. The topological polar surface area (TPSA) is 36.2 Å². The van der Waals surface area contributed by atoms with Gasteiger partial charge in [-0.15, -0.1) is 0 Å². The number of nitrogens with one attached hydrogen (secondary N) is 1. The fourth-order valence-corrected chi connectivity index (χ4v) is 10.1.